The fourth-order valence-electron chi connectivity index (χ4n) is 1.43. The summed E-state index contributed by atoms with van der Waals surface area (Å²) in [6.07, 6.45) is 1.55. The summed E-state index contributed by atoms with van der Waals surface area (Å²) in [6.45, 7) is 5.24. The summed E-state index contributed by atoms with van der Waals surface area (Å²) in [5.74, 6) is 0.526. The number of hydrogen-bond acceptors (Lipinski definition) is 4. The van der Waals surface area contributed by atoms with Gasteiger partial charge in [0.25, 0.3) is 0 Å². The first-order chi connectivity index (χ1) is 7.05. The second kappa shape index (κ2) is 8.07. The Morgan fingerprint density at radius 2 is 2.00 bits per heavy atom. The van der Waals surface area contributed by atoms with Crippen molar-refractivity contribution in [2.75, 3.05) is 31.8 Å². The standard InChI is InChI=1S/C10H23NO3S/c1-4-11-10(9-14-3)7-6-8-15(12,13)5-2/h10-11H,4-9H2,1-3H3. The first kappa shape index (κ1) is 14.9. The van der Waals surface area contributed by atoms with E-state index in [9.17, 15) is 8.42 Å². The van der Waals surface area contributed by atoms with Crippen molar-refractivity contribution in [3.63, 3.8) is 0 Å². The van der Waals surface area contributed by atoms with Crippen LogP contribution in [0.2, 0.25) is 0 Å². The summed E-state index contributed by atoms with van der Waals surface area (Å²) >= 11 is 0. The molecule has 0 aliphatic carbocycles. The fraction of sp³-hybridized carbons (Fsp3) is 1.00. The zero-order chi connectivity index (χ0) is 11.7. The van der Waals surface area contributed by atoms with E-state index in [0.717, 1.165) is 13.0 Å². The normalized spacial score (nSPS) is 14.1. The molecule has 5 heteroatoms. The third-order valence-corrected chi connectivity index (χ3v) is 4.10. The van der Waals surface area contributed by atoms with Crippen molar-refractivity contribution >= 4 is 9.84 Å². The maximum absolute atomic E-state index is 11.2. The molecule has 0 aliphatic rings. The molecule has 0 aromatic rings. The molecule has 0 saturated carbocycles. The molecule has 1 unspecified atom stereocenters. The molecule has 0 aromatic heterocycles. The Balaban J connectivity index is 3.79. The average Bonchev–Trinajstić information content (AvgIpc) is 2.18. The quantitative estimate of drug-likeness (QED) is 0.645. The number of methoxy groups -OCH3 is 1. The first-order valence-corrected chi connectivity index (χ1v) is 7.30. The molecule has 15 heavy (non-hydrogen) atoms. The van der Waals surface area contributed by atoms with Gasteiger partial charge in [0, 0.05) is 18.9 Å². The van der Waals surface area contributed by atoms with Crippen molar-refractivity contribution in [1.82, 2.24) is 5.32 Å². The van der Waals surface area contributed by atoms with Gasteiger partial charge in [0.1, 0.15) is 9.84 Å². The third-order valence-electron chi connectivity index (χ3n) is 2.31. The fourth-order valence-corrected chi connectivity index (χ4v) is 2.32. The lowest BCUT2D eigenvalue weighted by atomic mass is 10.2. The molecular weight excluding hydrogens is 214 g/mol. The van der Waals surface area contributed by atoms with E-state index in [-0.39, 0.29) is 17.5 Å². The molecule has 0 heterocycles. The molecule has 0 radical (unpaired) electrons. The molecule has 0 rings (SSSR count). The van der Waals surface area contributed by atoms with Gasteiger partial charge in [-0.05, 0) is 19.4 Å². The Morgan fingerprint density at radius 3 is 2.47 bits per heavy atom. The van der Waals surface area contributed by atoms with Crippen molar-refractivity contribution in [1.29, 1.82) is 0 Å². The average molecular weight is 237 g/mol. The maximum atomic E-state index is 11.2. The summed E-state index contributed by atoms with van der Waals surface area (Å²) in [5, 5.41) is 3.27. The minimum Gasteiger partial charge on any atom is -0.383 e. The monoisotopic (exact) mass is 237 g/mol. The Kier molecular flexibility index (Phi) is 8.00. The number of ether oxygens (including phenoxy) is 1. The van der Waals surface area contributed by atoms with Crippen molar-refractivity contribution in [2.45, 2.75) is 32.7 Å². The highest BCUT2D eigenvalue weighted by molar-refractivity contribution is 7.91. The first-order valence-electron chi connectivity index (χ1n) is 5.48. The SMILES string of the molecule is CCNC(CCCS(=O)(=O)CC)COC. The summed E-state index contributed by atoms with van der Waals surface area (Å²) < 4.78 is 27.5. The van der Waals surface area contributed by atoms with E-state index in [1.807, 2.05) is 6.92 Å². The van der Waals surface area contributed by atoms with E-state index in [1.54, 1.807) is 14.0 Å². The van der Waals surface area contributed by atoms with Crippen LogP contribution in [-0.4, -0.2) is 46.2 Å². The molecule has 0 saturated heterocycles. The van der Waals surface area contributed by atoms with Gasteiger partial charge in [-0.25, -0.2) is 8.42 Å². The molecule has 0 aliphatic heterocycles. The molecule has 0 spiro atoms. The summed E-state index contributed by atoms with van der Waals surface area (Å²) in [7, 11) is -1.15. The van der Waals surface area contributed by atoms with Crippen LogP contribution in [-0.2, 0) is 14.6 Å². The number of likely N-dealkylation sites (N-methyl/N-ethyl adjacent to an activating group) is 1. The lowest BCUT2D eigenvalue weighted by Crippen LogP contribution is -2.33. The van der Waals surface area contributed by atoms with E-state index < -0.39 is 9.84 Å². The van der Waals surface area contributed by atoms with Gasteiger partial charge in [0.2, 0.25) is 0 Å². The number of hydrogen-bond donors (Lipinski definition) is 1. The van der Waals surface area contributed by atoms with E-state index in [4.69, 9.17) is 4.74 Å². The van der Waals surface area contributed by atoms with Crippen molar-refractivity contribution in [3.05, 3.63) is 0 Å². The molecule has 0 bridgehead atoms. The minimum atomic E-state index is -2.81. The highest BCUT2D eigenvalue weighted by Gasteiger charge is 2.10. The predicted molar refractivity (Wildman–Crippen MR) is 62.9 cm³/mol. The minimum absolute atomic E-state index is 0.239. The van der Waals surface area contributed by atoms with E-state index in [0.29, 0.717) is 13.0 Å². The van der Waals surface area contributed by atoms with Crippen LogP contribution in [0.3, 0.4) is 0 Å². The molecule has 1 N–H and O–H groups in total. The number of sulfone groups is 1. The van der Waals surface area contributed by atoms with Crippen LogP contribution < -0.4 is 5.32 Å². The van der Waals surface area contributed by atoms with Gasteiger partial charge in [0.05, 0.1) is 12.4 Å². The van der Waals surface area contributed by atoms with E-state index in [1.165, 1.54) is 0 Å². The number of rotatable bonds is 9. The van der Waals surface area contributed by atoms with Gasteiger partial charge in [0.15, 0.2) is 0 Å². The van der Waals surface area contributed by atoms with E-state index in [2.05, 4.69) is 5.32 Å². The highest BCUT2D eigenvalue weighted by atomic mass is 32.2. The molecule has 1 atom stereocenters. The summed E-state index contributed by atoms with van der Waals surface area (Å²) in [6, 6.07) is 0.270. The Morgan fingerprint density at radius 1 is 1.33 bits per heavy atom. The van der Waals surface area contributed by atoms with Gasteiger partial charge < -0.3 is 10.1 Å². The van der Waals surface area contributed by atoms with Crippen LogP contribution in [0.4, 0.5) is 0 Å². The van der Waals surface area contributed by atoms with Crippen molar-refractivity contribution in [2.24, 2.45) is 0 Å². The molecule has 4 nitrogen and oxygen atoms in total. The second-order valence-electron chi connectivity index (χ2n) is 3.59. The number of nitrogens with one attached hydrogen (secondary N) is 1. The van der Waals surface area contributed by atoms with Gasteiger partial charge in [-0.3, -0.25) is 0 Å². The van der Waals surface area contributed by atoms with E-state index >= 15 is 0 Å². The van der Waals surface area contributed by atoms with Gasteiger partial charge in [-0.15, -0.1) is 0 Å². The Bertz CT molecular complexity index is 233. The predicted octanol–water partition coefficient (Wildman–Crippen LogP) is 0.826. The maximum Gasteiger partial charge on any atom is 0.150 e. The van der Waals surface area contributed by atoms with Gasteiger partial charge in [-0.1, -0.05) is 13.8 Å². The van der Waals surface area contributed by atoms with Crippen LogP contribution in [0.1, 0.15) is 26.7 Å². The molecule has 0 aromatic carbocycles. The van der Waals surface area contributed by atoms with Crippen LogP contribution in [0.25, 0.3) is 0 Å². The zero-order valence-corrected chi connectivity index (χ0v) is 10.8. The lowest BCUT2D eigenvalue weighted by Gasteiger charge is -2.16. The Hall–Kier alpha value is -0.130. The van der Waals surface area contributed by atoms with Crippen LogP contribution in [0, 0.1) is 0 Å². The van der Waals surface area contributed by atoms with Gasteiger partial charge >= 0.3 is 0 Å². The molecule has 0 fully saturated rings. The smallest absolute Gasteiger partial charge is 0.150 e. The summed E-state index contributed by atoms with van der Waals surface area (Å²) in [4.78, 5) is 0. The molecular formula is C10H23NO3S. The third kappa shape index (κ3) is 7.76. The Labute approximate surface area is 93.3 Å². The zero-order valence-electron chi connectivity index (χ0n) is 9.95. The largest absolute Gasteiger partial charge is 0.383 e. The topological polar surface area (TPSA) is 55.4 Å². The second-order valence-corrected chi connectivity index (χ2v) is 6.06. The molecule has 0 amide bonds. The van der Waals surface area contributed by atoms with Crippen LogP contribution in [0.15, 0.2) is 0 Å². The lowest BCUT2D eigenvalue weighted by molar-refractivity contribution is 0.163. The van der Waals surface area contributed by atoms with Crippen molar-refractivity contribution in [3.8, 4) is 0 Å². The molecule has 92 valence electrons. The van der Waals surface area contributed by atoms with Crippen LogP contribution >= 0.6 is 0 Å². The van der Waals surface area contributed by atoms with Crippen molar-refractivity contribution < 1.29 is 13.2 Å². The van der Waals surface area contributed by atoms with Gasteiger partial charge in [-0.2, -0.15) is 0 Å². The highest BCUT2D eigenvalue weighted by Crippen LogP contribution is 2.02. The summed E-state index contributed by atoms with van der Waals surface area (Å²) in [5.41, 5.74) is 0. The van der Waals surface area contributed by atoms with Crippen LogP contribution in [0.5, 0.6) is 0 Å².